The van der Waals surface area contributed by atoms with E-state index in [4.69, 9.17) is 16.3 Å². The molecule has 4 rings (SSSR count). The van der Waals surface area contributed by atoms with Crippen LogP contribution in [0.3, 0.4) is 0 Å². The maximum atomic E-state index is 13.5. The second kappa shape index (κ2) is 8.08. The van der Waals surface area contributed by atoms with Gasteiger partial charge in [-0.2, -0.15) is 13.2 Å². The largest absolute Gasteiger partial charge is 0.496 e. The van der Waals surface area contributed by atoms with E-state index in [2.05, 4.69) is 15.5 Å². The van der Waals surface area contributed by atoms with Crippen molar-refractivity contribution in [3.8, 4) is 5.75 Å². The van der Waals surface area contributed by atoms with Crippen LogP contribution in [-0.2, 0) is 11.8 Å². The van der Waals surface area contributed by atoms with Gasteiger partial charge in [0.05, 0.1) is 23.6 Å². The van der Waals surface area contributed by atoms with Crippen molar-refractivity contribution >= 4 is 34.8 Å². The van der Waals surface area contributed by atoms with E-state index in [-0.39, 0.29) is 4.91 Å². The van der Waals surface area contributed by atoms with E-state index in [1.165, 1.54) is 19.5 Å². The van der Waals surface area contributed by atoms with Crippen LogP contribution in [0.15, 0.2) is 58.4 Å². The first kappa shape index (κ1) is 21.5. The van der Waals surface area contributed by atoms with E-state index in [0.717, 1.165) is 23.9 Å². The van der Waals surface area contributed by atoms with Crippen LogP contribution in [-0.4, -0.2) is 40.0 Å². The third-order valence-electron chi connectivity index (χ3n) is 4.95. The number of alkyl halides is 3. The molecule has 1 aromatic carbocycles. The Morgan fingerprint density at radius 2 is 2.10 bits per heavy atom. The van der Waals surface area contributed by atoms with Crippen LogP contribution in [0.5, 0.6) is 5.75 Å². The zero-order chi connectivity index (χ0) is 22.3. The van der Waals surface area contributed by atoms with Gasteiger partial charge in [0.1, 0.15) is 12.1 Å². The van der Waals surface area contributed by atoms with Crippen LogP contribution in [0, 0.1) is 5.92 Å². The quantitative estimate of drug-likeness (QED) is 0.730. The Bertz CT molecular complexity index is 1140. The first-order valence-electron chi connectivity index (χ1n) is 9.07. The molecule has 0 saturated carbocycles. The fourth-order valence-corrected chi connectivity index (χ4v) is 4.65. The normalized spacial score (nSPS) is 21.0. The SMILES string of the molecule is COc1ccc(Cl)cc1C1=C(Sc2nncn2C)C(=O)NC2C=CC(C(F)(F)F)=CC12. The molecule has 1 amide bonds. The second-order valence-electron chi connectivity index (χ2n) is 6.92. The van der Waals surface area contributed by atoms with E-state index in [9.17, 15) is 18.0 Å². The number of fused-ring (bicyclic) bond motifs is 1. The van der Waals surface area contributed by atoms with Crippen LogP contribution in [0.4, 0.5) is 13.2 Å². The predicted molar refractivity (Wildman–Crippen MR) is 110 cm³/mol. The molecule has 1 aromatic heterocycles. The van der Waals surface area contributed by atoms with Crippen molar-refractivity contribution in [2.75, 3.05) is 7.11 Å². The highest BCUT2D eigenvalue weighted by Crippen LogP contribution is 2.46. The number of rotatable bonds is 4. The van der Waals surface area contributed by atoms with Crippen molar-refractivity contribution in [3.05, 3.63) is 63.8 Å². The number of nitrogens with zero attached hydrogens (tertiary/aromatic N) is 3. The lowest BCUT2D eigenvalue weighted by Crippen LogP contribution is -2.45. The minimum Gasteiger partial charge on any atom is -0.496 e. The van der Waals surface area contributed by atoms with Gasteiger partial charge >= 0.3 is 6.18 Å². The highest BCUT2D eigenvalue weighted by atomic mass is 35.5. The number of hydrogen-bond donors (Lipinski definition) is 1. The summed E-state index contributed by atoms with van der Waals surface area (Å²) in [5.74, 6) is -0.831. The number of amides is 1. The van der Waals surface area contributed by atoms with Gasteiger partial charge in [-0.15, -0.1) is 10.2 Å². The van der Waals surface area contributed by atoms with E-state index in [1.807, 2.05) is 0 Å². The van der Waals surface area contributed by atoms with Crippen molar-refractivity contribution in [1.29, 1.82) is 0 Å². The van der Waals surface area contributed by atoms with E-state index in [0.29, 0.717) is 27.1 Å². The van der Waals surface area contributed by atoms with Crippen molar-refractivity contribution in [1.82, 2.24) is 20.1 Å². The highest BCUT2D eigenvalue weighted by molar-refractivity contribution is 8.04. The summed E-state index contributed by atoms with van der Waals surface area (Å²) in [6, 6.07) is 4.16. The van der Waals surface area contributed by atoms with Crippen LogP contribution >= 0.6 is 23.4 Å². The molecule has 0 bridgehead atoms. The van der Waals surface area contributed by atoms with Crippen molar-refractivity contribution in [2.24, 2.45) is 13.0 Å². The number of aromatic nitrogens is 3. The van der Waals surface area contributed by atoms with Gasteiger partial charge < -0.3 is 14.6 Å². The summed E-state index contributed by atoms with van der Waals surface area (Å²) >= 11 is 7.22. The van der Waals surface area contributed by atoms with Crippen LogP contribution in [0.2, 0.25) is 5.02 Å². The monoisotopic (exact) mass is 468 g/mol. The summed E-state index contributed by atoms with van der Waals surface area (Å²) in [6.07, 6.45) is 0.401. The summed E-state index contributed by atoms with van der Waals surface area (Å²) in [5, 5.41) is 11.3. The fourth-order valence-electron chi connectivity index (χ4n) is 3.51. The minimum atomic E-state index is -4.52. The number of thioether (sulfide) groups is 1. The molecule has 1 aliphatic carbocycles. The number of benzene rings is 1. The fraction of sp³-hybridized carbons (Fsp3) is 0.250. The van der Waals surface area contributed by atoms with Crippen LogP contribution in [0.25, 0.3) is 5.57 Å². The summed E-state index contributed by atoms with van der Waals surface area (Å²) in [6.45, 7) is 0. The van der Waals surface area contributed by atoms with Gasteiger partial charge in [-0.3, -0.25) is 4.79 Å². The van der Waals surface area contributed by atoms with Gasteiger partial charge in [-0.1, -0.05) is 29.8 Å². The molecule has 0 spiro atoms. The zero-order valence-electron chi connectivity index (χ0n) is 16.3. The summed E-state index contributed by atoms with van der Waals surface area (Å²) in [4.78, 5) is 13.2. The molecule has 6 nitrogen and oxygen atoms in total. The molecule has 2 atom stereocenters. The molecular weight excluding hydrogens is 453 g/mol. The molecule has 0 radical (unpaired) electrons. The first-order valence-corrected chi connectivity index (χ1v) is 10.3. The van der Waals surface area contributed by atoms with Crippen LogP contribution < -0.4 is 10.1 Å². The van der Waals surface area contributed by atoms with E-state index >= 15 is 0 Å². The molecule has 1 N–H and O–H groups in total. The lowest BCUT2D eigenvalue weighted by molar-refractivity contribution is -0.117. The highest BCUT2D eigenvalue weighted by Gasteiger charge is 2.42. The number of carbonyl (C=O) groups is 1. The minimum absolute atomic E-state index is 0.200. The average molecular weight is 469 g/mol. The summed E-state index contributed by atoms with van der Waals surface area (Å²) < 4.78 is 47.5. The standard InChI is InChI=1S/C20H16ClF3N4O2S/c1-28-9-25-27-19(28)31-17-16(13-8-11(21)4-6-15(13)30-2)12-7-10(20(22,23)24)3-5-14(12)26-18(17)29/h3-9,12,14H,1-2H3,(H,26,29). The van der Waals surface area contributed by atoms with Gasteiger partial charge in [0.25, 0.3) is 5.91 Å². The predicted octanol–water partition coefficient (Wildman–Crippen LogP) is 4.15. The molecule has 2 aliphatic rings. The van der Waals surface area contributed by atoms with Crippen molar-refractivity contribution in [2.45, 2.75) is 17.4 Å². The lowest BCUT2D eigenvalue weighted by atomic mass is 9.79. The first-order chi connectivity index (χ1) is 14.7. The number of nitrogens with one attached hydrogen (secondary N) is 1. The number of carbonyl (C=O) groups excluding carboxylic acids is 1. The lowest BCUT2D eigenvalue weighted by Gasteiger charge is -2.35. The number of ether oxygens (including phenoxy) is 1. The second-order valence-corrected chi connectivity index (χ2v) is 8.33. The number of allylic oxidation sites excluding steroid dienone is 2. The number of hydrogen-bond acceptors (Lipinski definition) is 5. The molecule has 2 aromatic rings. The molecule has 1 aliphatic heterocycles. The Hall–Kier alpha value is -2.72. The molecule has 31 heavy (non-hydrogen) atoms. The molecule has 2 unspecified atom stereocenters. The van der Waals surface area contributed by atoms with E-state index < -0.39 is 29.6 Å². The molecule has 11 heteroatoms. The zero-order valence-corrected chi connectivity index (χ0v) is 17.8. The molecule has 162 valence electrons. The van der Waals surface area contributed by atoms with Gasteiger partial charge in [0.15, 0.2) is 5.16 Å². The maximum Gasteiger partial charge on any atom is 0.416 e. The Balaban J connectivity index is 1.96. The molecule has 2 heterocycles. The third kappa shape index (κ3) is 4.09. The Morgan fingerprint density at radius 3 is 2.74 bits per heavy atom. The number of methoxy groups -OCH3 is 1. The van der Waals surface area contributed by atoms with Gasteiger partial charge in [0, 0.05) is 23.6 Å². The topological polar surface area (TPSA) is 69.0 Å². The van der Waals surface area contributed by atoms with Crippen LogP contribution in [0.1, 0.15) is 5.56 Å². The van der Waals surface area contributed by atoms with Gasteiger partial charge in [-0.25, -0.2) is 0 Å². The maximum absolute atomic E-state index is 13.5. The third-order valence-corrected chi connectivity index (χ3v) is 6.35. The summed E-state index contributed by atoms with van der Waals surface area (Å²) in [7, 11) is 3.15. The molecular formula is C20H16ClF3N4O2S. The van der Waals surface area contributed by atoms with Gasteiger partial charge in [0.2, 0.25) is 0 Å². The smallest absolute Gasteiger partial charge is 0.416 e. The van der Waals surface area contributed by atoms with E-state index in [1.54, 1.807) is 29.8 Å². The number of aryl methyl sites for hydroxylation is 1. The summed E-state index contributed by atoms with van der Waals surface area (Å²) in [5.41, 5.74) is 0.0381. The molecule has 0 fully saturated rings. The number of halogens is 4. The van der Waals surface area contributed by atoms with Crippen molar-refractivity contribution < 1.29 is 22.7 Å². The Kier molecular flexibility index (Phi) is 5.61. The Labute approximate surface area is 184 Å². The van der Waals surface area contributed by atoms with Gasteiger partial charge in [-0.05, 0) is 35.5 Å². The van der Waals surface area contributed by atoms with Crippen molar-refractivity contribution in [3.63, 3.8) is 0 Å². The average Bonchev–Trinajstić information content (AvgIpc) is 3.12. The molecule has 0 saturated heterocycles. The Morgan fingerprint density at radius 1 is 1.32 bits per heavy atom.